The molecule has 4 aliphatic carbocycles. The number of carbonyl (C=O) groups excluding carboxylic acids is 6. The number of likely N-dealkylation sites (tertiary alicyclic amines) is 2. The molecule has 18 nitrogen and oxygen atoms in total. The fraction of sp³-hybridized carbons (Fsp3) is 0.468. The van der Waals surface area contributed by atoms with Crippen LogP contribution in [0.5, 0.6) is 0 Å². The maximum atomic E-state index is 13.6. The molecule has 2 aliphatic heterocycles. The van der Waals surface area contributed by atoms with Gasteiger partial charge in [0, 0.05) is 60.6 Å². The van der Waals surface area contributed by atoms with Gasteiger partial charge in [-0.1, -0.05) is 101 Å². The Kier molecular flexibility index (Phi) is 36.7. The Hall–Kier alpha value is -10.2. The van der Waals surface area contributed by atoms with Gasteiger partial charge in [-0.25, -0.2) is 27.2 Å². The number of hydrogen-bond acceptors (Lipinski definition) is 13. The van der Waals surface area contributed by atoms with Crippen LogP contribution in [0, 0.1) is 23.3 Å². The van der Waals surface area contributed by atoms with Crippen LogP contribution in [0.15, 0.2) is 170 Å². The molecule has 8 aromatic rings. The number of ether oxygens (including phenoxy) is 2. The normalized spacial score (nSPS) is 17.0. The maximum absolute atomic E-state index is 13.6. The molecular formula is C94H110Cl2F10N10O8. The van der Waals surface area contributed by atoms with E-state index in [0.717, 1.165) is 95.6 Å². The first kappa shape index (κ1) is 97.6. The highest BCUT2D eigenvalue weighted by Crippen LogP contribution is 2.38. The second-order valence-corrected chi connectivity index (χ2v) is 34.3. The van der Waals surface area contributed by atoms with E-state index in [-0.39, 0.29) is 42.0 Å². The maximum Gasteiger partial charge on any atom is 0.471 e. The molecule has 5 amide bonds. The molecule has 0 spiro atoms. The van der Waals surface area contributed by atoms with Gasteiger partial charge in [0.25, 0.3) is 0 Å². The average Bonchev–Trinajstić information content (AvgIpc) is 0.767. The summed E-state index contributed by atoms with van der Waals surface area (Å²) in [4.78, 5) is 93.4. The number of rotatable bonds is 17. The summed E-state index contributed by atoms with van der Waals surface area (Å²) in [6.07, 6.45) is 23.4. The zero-order chi connectivity index (χ0) is 89.7. The number of alkyl halides is 7. The summed E-state index contributed by atoms with van der Waals surface area (Å²) in [5.41, 5.74) is 8.36. The summed E-state index contributed by atoms with van der Waals surface area (Å²) >= 11 is 11.0. The number of halogens is 12. The molecule has 6 heterocycles. The van der Waals surface area contributed by atoms with E-state index < -0.39 is 76.5 Å². The SMILES string of the molecule is CC(C)(C)OC(=O)N1CCC1C(=O)Cl.CC(C)(C)OC(=O)N1CCC1C(=O)N(Cc1ccc(C2CCCCC2)cn1)c1ccc(F)cc1.ClCc1ccc(C2CCCCC2)cn1.Fc1ccc(NCc2ccc(C3CCCCC3)cn2)cc1.O=C(N(Cc1ccc(C2CCCCC2)cn1)c1ccc(F)cc1)C(F)(F)F.O=C(Nc1ccc(F)cc1)C(F)(F)F. The first-order valence-electron chi connectivity index (χ1n) is 42.4. The van der Waals surface area contributed by atoms with Gasteiger partial charge in [0.05, 0.1) is 48.3 Å². The Balaban J connectivity index is 0.000000175. The largest absolute Gasteiger partial charge is 0.471 e. The summed E-state index contributed by atoms with van der Waals surface area (Å²) in [6.45, 7) is 12.3. The quantitative estimate of drug-likeness (QED) is 0.0494. The predicted molar refractivity (Wildman–Crippen MR) is 459 cm³/mol. The summed E-state index contributed by atoms with van der Waals surface area (Å²) in [5, 5.41) is 4.34. The minimum atomic E-state index is -5.03. The van der Waals surface area contributed by atoms with Crippen molar-refractivity contribution in [3.05, 3.63) is 239 Å². The van der Waals surface area contributed by atoms with Crippen molar-refractivity contribution in [1.29, 1.82) is 0 Å². The van der Waals surface area contributed by atoms with Gasteiger partial charge in [-0.3, -0.25) is 53.8 Å². The van der Waals surface area contributed by atoms with E-state index >= 15 is 0 Å². The Bertz CT molecular complexity index is 4660. The number of pyridine rings is 4. The highest BCUT2D eigenvalue weighted by atomic mass is 35.5. The van der Waals surface area contributed by atoms with Crippen LogP contribution in [0.4, 0.5) is 76.2 Å². The van der Waals surface area contributed by atoms with Crippen LogP contribution in [-0.4, -0.2) is 114 Å². The third kappa shape index (κ3) is 31.5. The monoisotopic (exact) mass is 1770 g/mol. The molecule has 668 valence electrons. The minimum Gasteiger partial charge on any atom is -0.444 e. The third-order valence-corrected chi connectivity index (χ3v) is 22.5. The molecule has 124 heavy (non-hydrogen) atoms. The van der Waals surface area contributed by atoms with Gasteiger partial charge in [-0.15, -0.1) is 11.6 Å². The molecule has 4 aromatic carbocycles. The number of benzene rings is 4. The molecule has 6 fully saturated rings. The van der Waals surface area contributed by atoms with Gasteiger partial charge >= 0.3 is 36.4 Å². The highest BCUT2D eigenvalue weighted by Gasteiger charge is 2.45. The smallest absolute Gasteiger partial charge is 0.444 e. The van der Waals surface area contributed by atoms with Crippen LogP contribution >= 0.6 is 23.2 Å². The zero-order valence-corrected chi connectivity index (χ0v) is 72.3. The molecule has 2 unspecified atom stereocenters. The van der Waals surface area contributed by atoms with Crippen LogP contribution < -0.4 is 20.4 Å². The van der Waals surface area contributed by atoms with E-state index in [1.54, 1.807) is 88.3 Å². The molecule has 4 aromatic heterocycles. The Morgan fingerprint density at radius 2 is 0.726 bits per heavy atom. The van der Waals surface area contributed by atoms with Crippen LogP contribution in [-0.2, 0) is 54.2 Å². The number of carbonyl (C=O) groups is 6. The van der Waals surface area contributed by atoms with Crippen molar-refractivity contribution in [2.24, 2.45) is 0 Å². The van der Waals surface area contributed by atoms with Gasteiger partial charge in [0.1, 0.15) is 46.6 Å². The molecule has 2 atom stereocenters. The van der Waals surface area contributed by atoms with E-state index in [1.165, 1.54) is 166 Å². The standard InChI is InChI=1S/C27H34FN3O3.C20H20F4N2O.C18H21FN2.C12H16ClN.C9H14ClNO3.C8H5F4NO/c1-27(2,3)34-26(33)30-16-15-24(30)25(32)31(23-13-10-21(28)11-14-23)18-22-12-9-20(17-29-22)19-7-5-4-6-8-19;21-16-7-10-18(11-8-16)26(19(27)20(22,23)24)13-17-9-6-15(12-25-17)14-4-2-1-3-5-14;19-16-7-10-17(11-8-16)21-13-18-9-6-15(12-20-18)14-4-2-1-3-5-14;13-8-12-7-6-11(9-14-12)10-4-2-1-3-5-10;1-9(2,3)14-8(13)11-5-4-6(11)7(10)12;9-5-1-3-6(4-2-5)13-7(14)8(10,11)12/h9-14,17,19,24H,4-8,15-16,18H2,1-3H3;6-12,14H,1-5,13H2;6-12,14,21H,1-5,13H2;6-7,9-10H,1-5,8H2;6H,4-5H2,1-3H3;1-4H,(H,13,14). The second-order valence-electron chi connectivity index (χ2n) is 33.7. The van der Waals surface area contributed by atoms with E-state index in [2.05, 4.69) is 55.6 Å². The molecule has 2 saturated heterocycles. The van der Waals surface area contributed by atoms with Gasteiger partial charge in [-0.2, -0.15) is 26.3 Å². The summed E-state index contributed by atoms with van der Waals surface area (Å²) in [5.74, 6) is -3.11. The Morgan fingerprint density at radius 3 is 1.03 bits per heavy atom. The van der Waals surface area contributed by atoms with Gasteiger partial charge in [-0.05, 0) is 285 Å². The van der Waals surface area contributed by atoms with E-state index in [0.29, 0.717) is 72.4 Å². The first-order valence-corrected chi connectivity index (χ1v) is 43.3. The van der Waals surface area contributed by atoms with E-state index in [1.807, 2.05) is 30.7 Å². The molecule has 4 saturated carbocycles. The second kappa shape index (κ2) is 46.7. The van der Waals surface area contributed by atoms with Crippen molar-refractivity contribution < 1.29 is 82.1 Å². The van der Waals surface area contributed by atoms with Crippen LogP contribution in [0.3, 0.4) is 0 Å². The topological polar surface area (TPSA) is 209 Å². The van der Waals surface area contributed by atoms with Crippen LogP contribution in [0.2, 0.25) is 0 Å². The number of hydrogen-bond donors (Lipinski definition) is 2. The molecular weight excluding hydrogens is 1660 g/mol. The average molecular weight is 1770 g/mol. The lowest BCUT2D eigenvalue weighted by atomic mass is 9.85. The first-order chi connectivity index (χ1) is 59.0. The van der Waals surface area contributed by atoms with Crippen molar-refractivity contribution in [1.82, 2.24) is 29.7 Å². The lowest BCUT2D eigenvalue weighted by Crippen LogP contribution is -2.59. The lowest BCUT2D eigenvalue weighted by Gasteiger charge is -2.42. The van der Waals surface area contributed by atoms with Gasteiger partial charge < -0.3 is 25.0 Å². The van der Waals surface area contributed by atoms with Crippen molar-refractivity contribution in [2.45, 2.75) is 268 Å². The predicted octanol–water partition coefficient (Wildman–Crippen LogP) is 24.0. The van der Waals surface area contributed by atoms with Crippen molar-refractivity contribution in [3.8, 4) is 0 Å². The number of anilines is 4. The number of nitrogens with zero attached hydrogens (tertiary/aromatic N) is 8. The van der Waals surface area contributed by atoms with Crippen molar-refractivity contribution >= 4 is 81.1 Å². The Labute approximate surface area is 729 Å². The molecule has 2 N–H and O–H groups in total. The fourth-order valence-corrected chi connectivity index (χ4v) is 15.5. The summed E-state index contributed by atoms with van der Waals surface area (Å²) < 4.78 is 137. The van der Waals surface area contributed by atoms with Crippen LogP contribution in [0.25, 0.3) is 0 Å². The van der Waals surface area contributed by atoms with Crippen molar-refractivity contribution in [2.75, 3.05) is 33.5 Å². The molecule has 0 bridgehead atoms. The van der Waals surface area contributed by atoms with Gasteiger partial charge in [0.15, 0.2) is 0 Å². The van der Waals surface area contributed by atoms with Crippen LogP contribution in [0.1, 0.15) is 252 Å². The van der Waals surface area contributed by atoms with E-state index in [9.17, 15) is 72.7 Å². The van der Waals surface area contributed by atoms with Gasteiger partial charge in [0.2, 0.25) is 11.1 Å². The third-order valence-electron chi connectivity index (χ3n) is 22.0. The minimum absolute atomic E-state index is 0.0307. The molecule has 14 rings (SSSR count). The highest BCUT2D eigenvalue weighted by molar-refractivity contribution is 6.65. The Morgan fingerprint density at radius 1 is 0.403 bits per heavy atom. The number of aromatic nitrogens is 4. The fourth-order valence-electron chi connectivity index (χ4n) is 15.1. The number of nitrogens with one attached hydrogen (secondary N) is 2. The molecule has 30 heteroatoms. The lowest BCUT2D eigenvalue weighted by molar-refractivity contribution is -0.170. The zero-order valence-electron chi connectivity index (χ0n) is 70.8. The number of amides is 5. The molecule has 0 radical (unpaired) electrons. The summed E-state index contributed by atoms with van der Waals surface area (Å²) in [6, 6.07) is 35.6. The summed E-state index contributed by atoms with van der Waals surface area (Å²) in [7, 11) is 0. The van der Waals surface area contributed by atoms with Crippen molar-refractivity contribution in [3.63, 3.8) is 0 Å². The van der Waals surface area contributed by atoms with E-state index in [4.69, 9.17) is 32.7 Å². The molecule has 6 aliphatic rings.